The number of carbonyl (C=O) groups excluding carboxylic acids is 4. The number of aliphatic hydroxyl groups is 1. The molecule has 3 saturated heterocycles. The number of likely N-dealkylation sites (tertiary alicyclic amines) is 1. The Hall–Kier alpha value is -4.62. The van der Waals surface area contributed by atoms with Gasteiger partial charge in [0.05, 0.1) is 43.2 Å². The molecule has 11 nitrogen and oxygen atoms in total. The summed E-state index contributed by atoms with van der Waals surface area (Å²) >= 11 is 3.76. The Morgan fingerprint density at radius 3 is 2.27 bits per heavy atom. The maximum absolute atomic E-state index is 15.1. The fourth-order valence-electron chi connectivity index (χ4n) is 8.64. The van der Waals surface area contributed by atoms with Crippen LogP contribution in [0.5, 0.6) is 0 Å². The summed E-state index contributed by atoms with van der Waals surface area (Å²) in [5, 5.41) is 13.9. The van der Waals surface area contributed by atoms with Crippen molar-refractivity contribution in [3.8, 4) is 0 Å². The van der Waals surface area contributed by atoms with Gasteiger partial charge in [0, 0.05) is 31.4 Å². The van der Waals surface area contributed by atoms with Crippen LogP contribution < -0.4 is 5.32 Å². The third kappa shape index (κ3) is 8.39. The second-order valence-electron chi connectivity index (χ2n) is 14.7. The van der Waals surface area contributed by atoms with Crippen molar-refractivity contribution in [1.82, 2.24) is 15.1 Å². The predicted molar refractivity (Wildman–Crippen MR) is 214 cm³/mol. The van der Waals surface area contributed by atoms with Crippen LogP contribution in [0.4, 0.5) is 0 Å². The molecule has 0 aromatic heterocycles. The molecular weight excluding hydrogens is 778 g/mol. The maximum atomic E-state index is 15.1. The molecule has 9 atom stereocenters. The Balaban J connectivity index is 1.39. The Morgan fingerprint density at radius 2 is 1.66 bits per heavy atom. The molecule has 3 aliphatic rings. The first-order valence-electron chi connectivity index (χ1n) is 19.0. The number of rotatable bonds is 19. The second kappa shape index (κ2) is 18.5. The fraction of sp³-hybridized carbons (Fsp3) is 0.409. The Bertz CT molecular complexity index is 1850. The van der Waals surface area contributed by atoms with E-state index in [0.29, 0.717) is 12.0 Å². The molecule has 2 bridgehead atoms. The van der Waals surface area contributed by atoms with Crippen LogP contribution >= 0.6 is 15.9 Å². The number of carbonyl (C=O) groups is 4. The van der Waals surface area contributed by atoms with Crippen LogP contribution in [0.15, 0.2) is 116 Å². The third-order valence-electron chi connectivity index (χ3n) is 11.0. The molecule has 296 valence electrons. The lowest BCUT2D eigenvalue weighted by Crippen LogP contribution is -2.59. The van der Waals surface area contributed by atoms with E-state index < -0.39 is 71.1 Å². The molecule has 6 rings (SSSR count). The van der Waals surface area contributed by atoms with Gasteiger partial charge in [-0.15, -0.1) is 13.2 Å². The van der Waals surface area contributed by atoms with Gasteiger partial charge < -0.3 is 34.4 Å². The van der Waals surface area contributed by atoms with Gasteiger partial charge in [0.25, 0.3) is 0 Å². The van der Waals surface area contributed by atoms with Crippen molar-refractivity contribution in [1.29, 1.82) is 0 Å². The fourth-order valence-corrected chi connectivity index (χ4v) is 9.58. The van der Waals surface area contributed by atoms with E-state index in [-0.39, 0.29) is 50.8 Å². The number of hydrogen-bond acceptors (Lipinski definition) is 8. The zero-order valence-electron chi connectivity index (χ0n) is 31.6. The zero-order valence-corrected chi connectivity index (χ0v) is 33.2. The third-order valence-corrected chi connectivity index (χ3v) is 11.9. The summed E-state index contributed by atoms with van der Waals surface area (Å²) in [6.07, 6.45) is 2.71. The quantitative estimate of drug-likeness (QED) is 0.0988. The standard InChI is InChI=1S/C44H50BrN3O8/c1-4-6-22-35(50)46-34(28-54-3)38(31-20-14-9-15-21-31)55-43(53)36-37-41(51)48(32(27-49)24-29-16-10-7-11-17-29)40(44(37)25-33(45)39(36)56-44)42(52)47(23-5-2)26-30-18-12-8-13-19-30/h4-5,7-21,32-34,36-40,49H,1-2,6,22-28H2,3H3,(H,46,50)/t32-,33?,34-,36+,37-,38-,39+,40+,44-/m1/s1. The summed E-state index contributed by atoms with van der Waals surface area (Å²) in [5.74, 6) is -3.97. The van der Waals surface area contributed by atoms with E-state index >= 15 is 9.59 Å². The number of halogens is 1. The first-order valence-corrected chi connectivity index (χ1v) is 20.0. The van der Waals surface area contributed by atoms with Gasteiger partial charge in [0.2, 0.25) is 17.7 Å². The summed E-state index contributed by atoms with van der Waals surface area (Å²) in [6, 6.07) is 25.3. The smallest absolute Gasteiger partial charge is 0.313 e. The summed E-state index contributed by atoms with van der Waals surface area (Å²) in [5.41, 5.74) is 0.972. The van der Waals surface area contributed by atoms with Crippen LogP contribution in [0.25, 0.3) is 0 Å². The topological polar surface area (TPSA) is 135 Å². The van der Waals surface area contributed by atoms with Gasteiger partial charge in [-0.2, -0.15) is 0 Å². The van der Waals surface area contributed by atoms with E-state index in [1.807, 2.05) is 78.9 Å². The van der Waals surface area contributed by atoms with Crippen LogP contribution in [-0.2, 0) is 46.4 Å². The first kappa shape index (κ1) is 41.0. The number of hydrogen-bond donors (Lipinski definition) is 2. The molecule has 0 saturated carbocycles. The minimum Gasteiger partial charge on any atom is -0.455 e. The van der Waals surface area contributed by atoms with Gasteiger partial charge in [-0.05, 0) is 36.0 Å². The van der Waals surface area contributed by atoms with E-state index in [1.54, 1.807) is 29.2 Å². The van der Waals surface area contributed by atoms with Crippen LogP contribution in [0, 0.1) is 11.8 Å². The molecule has 0 radical (unpaired) electrons. The van der Waals surface area contributed by atoms with E-state index in [0.717, 1.165) is 11.1 Å². The molecule has 3 aromatic rings. The molecule has 3 aliphatic heterocycles. The Morgan fingerprint density at radius 1 is 1.02 bits per heavy atom. The number of fused-ring (bicyclic) bond motifs is 1. The molecule has 12 heteroatoms. The summed E-state index contributed by atoms with van der Waals surface area (Å²) in [4.78, 5) is 60.7. The largest absolute Gasteiger partial charge is 0.455 e. The number of alkyl halides is 1. The number of amides is 3. The van der Waals surface area contributed by atoms with Gasteiger partial charge >= 0.3 is 5.97 Å². The van der Waals surface area contributed by atoms with Crippen LogP contribution in [0.1, 0.15) is 42.1 Å². The monoisotopic (exact) mass is 827 g/mol. The number of esters is 1. The average molecular weight is 829 g/mol. The highest BCUT2D eigenvalue weighted by Crippen LogP contribution is 2.61. The second-order valence-corrected chi connectivity index (χ2v) is 15.8. The van der Waals surface area contributed by atoms with E-state index in [2.05, 4.69) is 34.4 Å². The summed E-state index contributed by atoms with van der Waals surface area (Å²) in [6.45, 7) is 7.67. The van der Waals surface area contributed by atoms with Crippen LogP contribution in [0.3, 0.4) is 0 Å². The molecule has 1 unspecified atom stereocenters. The van der Waals surface area contributed by atoms with E-state index in [9.17, 15) is 14.7 Å². The molecule has 3 fully saturated rings. The molecular formula is C44H50BrN3O8. The molecule has 3 heterocycles. The van der Waals surface area contributed by atoms with Gasteiger partial charge in [-0.25, -0.2) is 0 Å². The average Bonchev–Trinajstić information content (AvgIpc) is 3.81. The van der Waals surface area contributed by atoms with Gasteiger partial charge in [0.15, 0.2) is 0 Å². The highest BCUT2D eigenvalue weighted by molar-refractivity contribution is 9.09. The van der Waals surface area contributed by atoms with Crippen molar-refractivity contribution >= 4 is 39.6 Å². The molecule has 2 N–H and O–H groups in total. The van der Waals surface area contributed by atoms with E-state index in [4.69, 9.17) is 14.2 Å². The molecule has 0 aliphatic carbocycles. The highest BCUT2D eigenvalue weighted by Gasteiger charge is 2.77. The normalized spacial score (nSPS) is 25.2. The molecule has 56 heavy (non-hydrogen) atoms. The van der Waals surface area contributed by atoms with Gasteiger partial charge in [0.1, 0.15) is 17.7 Å². The molecule has 3 aromatic carbocycles. The summed E-state index contributed by atoms with van der Waals surface area (Å²) < 4.78 is 18.7. The Kier molecular flexibility index (Phi) is 13.6. The predicted octanol–water partition coefficient (Wildman–Crippen LogP) is 4.93. The highest BCUT2D eigenvalue weighted by atomic mass is 79.9. The number of nitrogens with one attached hydrogen (secondary N) is 1. The minimum absolute atomic E-state index is 0.0349. The summed E-state index contributed by atoms with van der Waals surface area (Å²) in [7, 11) is 1.50. The van der Waals surface area contributed by atoms with Crippen molar-refractivity contribution in [2.45, 2.75) is 73.0 Å². The van der Waals surface area contributed by atoms with Crippen molar-refractivity contribution < 1.29 is 38.5 Å². The number of aliphatic hydroxyl groups excluding tert-OH is 1. The van der Waals surface area contributed by atoms with Crippen molar-refractivity contribution in [3.63, 3.8) is 0 Å². The van der Waals surface area contributed by atoms with Gasteiger partial charge in [-0.3, -0.25) is 19.2 Å². The number of benzene rings is 3. The Labute approximate surface area is 336 Å². The maximum Gasteiger partial charge on any atom is 0.313 e. The number of ether oxygens (including phenoxy) is 3. The number of methoxy groups -OCH3 is 1. The lowest BCUT2D eigenvalue weighted by Gasteiger charge is -2.39. The van der Waals surface area contributed by atoms with Crippen molar-refractivity contribution in [2.75, 3.05) is 26.9 Å². The lowest BCUT2D eigenvalue weighted by atomic mass is 9.70. The van der Waals surface area contributed by atoms with Crippen LogP contribution in [-0.4, -0.2) is 100 Å². The van der Waals surface area contributed by atoms with E-state index in [1.165, 1.54) is 12.0 Å². The number of nitrogens with zero attached hydrogens (tertiary/aromatic N) is 2. The SMILES string of the molecule is C=CCCC(=O)N[C@H](COC)[C@H](OC(=O)[C@@H]1[C@H]2O[C@@]3(CC2Br)[C@H](C(=O)N(CC=C)Cc2ccccc2)N([C@@H](CO)Cc2ccccc2)C(=O)[C@@H]13)c1ccccc1. The molecule has 1 spiro atoms. The lowest BCUT2D eigenvalue weighted by molar-refractivity contribution is -0.163. The first-order chi connectivity index (χ1) is 27.2. The molecule has 3 amide bonds. The zero-order chi connectivity index (χ0) is 39.8. The van der Waals surface area contributed by atoms with Gasteiger partial charge in [-0.1, -0.05) is 119 Å². The van der Waals surface area contributed by atoms with Crippen LogP contribution in [0.2, 0.25) is 0 Å². The van der Waals surface area contributed by atoms with Crippen molar-refractivity contribution in [3.05, 3.63) is 133 Å². The number of allylic oxidation sites excluding steroid dienone is 1. The van der Waals surface area contributed by atoms with Crippen molar-refractivity contribution in [2.24, 2.45) is 11.8 Å². The minimum atomic E-state index is -1.41.